The largest absolute Gasteiger partial charge is 0.371 e. The number of rotatable bonds is 8. The van der Waals surface area contributed by atoms with Gasteiger partial charge in [0.05, 0.1) is 25.3 Å². The summed E-state index contributed by atoms with van der Waals surface area (Å²) in [5.74, 6) is 1.42. The molecule has 2 saturated carbocycles. The number of unbranched alkanes of at least 4 members (excludes halogenated alkanes) is 2. The van der Waals surface area contributed by atoms with E-state index in [0.29, 0.717) is 13.2 Å². The van der Waals surface area contributed by atoms with Crippen molar-refractivity contribution in [2.45, 2.75) is 95.4 Å². The summed E-state index contributed by atoms with van der Waals surface area (Å²) in [4.78, 5) is 24.8. The van der Waals surface area contributed by atoms with Crippen molar-refractivity contribution in [3.63, 3.8) is 0 Å². The molecule has 2 amide bonds. The van der Waals surface area contributed by atoms with Crippen molar-refractivity contribution in [2.24, 2.45) is 17.8 Å². The number of hydrogen-bond acceptors (Lipinski definition) is 4. The Kier molecular flexibility index (Phi) is 6.56. The second-order valence-corrected chi connectivity index (χ2v) is 9.31. The summed E-state index contributed by atoms with van der Waals surface area (Å²) in [6, 6.07) is -0.179. The number of carbonyl (C=O) groups is 2. The van der Waals surface area contributed by atoms with Gasteiger partial charge in [-0.25, -0.2) is 0 Å². The van der Waals surface area contributed by atoms with Crippen LogP contribution in [0.4, 0.5) is 0 Å². The molecule has 0 unspecified atom stereocenters. The van der Waals surface area contributed by atoms with Crippen LogP contribution in [0.25, 0.3) is 0 Å². The average molecular weight is 393 g/mol. The molecular formula is C22H36N2O4. The molecule has 0 bridgehead atoms. The molecule has 158 valence electrons. The highest BCUT2D eigenvalue weighted by Crippen LogP contribution is 2.34. The fourth-order valence-corrected chi connectivity index (χ4v) is 5.09. The Morgan fingerprint density at radius 3 is 1.75 bits per heavy atom. The number of hydrogen-bond donors (Lipinski definition) is 2. The van der Waals surface area contributed by atoms with Gasteiger partial charge >= 0.3 is 0 Å². The predicted molar refractivity (Wildman–Crippen MR) is 106 cm³/mol. The highest BCUT2D eigenvalue weighted by molar-refractivity contribution is 5.81. The first-order chi connectivity index (χ1) is 13.7. The minimum atomic E-state index is -0.140. The van der Waals surface area contributed by atoms with Gasteiger partial charge in [-0.2, -0.15) is 0 Å². The van der Waals surface area contributed by atoms with Crippen molar-refractivity contribution < 1.29 is 19.1 Å². The van der Waals surface area contributed by atoms with E-state index < -0.39 is 0 Å². The predicted octanol–water partition coefficient (Wildman–Crippen LogP) is 2.55. The second-order valence-electron chi connectivity index (χ2n) is 9.31. The van der Waals surface area contributed by atoms with Crippen molar-refractivity contribution >= 4 is 11.8 Å². The van der Waals surface area contributed by atoms with E-state index in [0.717, 1.165) is 31.6 Å². The highest BCUT2D eigenvalue weighted by atomic mass is 16.6. The van der Waals surface area contributed by atoms with E-state index in [9.17, 15) is 9.59 Å². The molecule has 0 aromatic carbocycles. The molecule has 2 heterocycles. The summed E-state index contributed by atoms with van der Waals surface area (Å²) in [5.41, 5.74) is 0. The van der Waals surface area contributed by atoms with E-state index in [4.69, 9.17) is 9.47 Å². The van der Waals surface area contributed by atoms with E-state index in [1.54, 1.807) is 0 Å². The van der Waals surface area contributed by atoms with E-state index >= 15 is 0 Å². The molecular weight excluding hydrogens is 356 g/mol. The zero-order valence-corrected chi connectivity index (χ0v) is 17.2. The first kappa shape index (κ1) is 20.1. The van der Waals surface area contributed by atoms with Gasteiger partial charge in [0.25, 0.3) is 0 Å². The Morgan fingerprint density at radius 2 is 1.29 bits per heavy atom. The van der Waals surface area contributed by atoms with Crippen molar-refractivity contribution in [1.29, 1.82) is 0 Å². The van der Waals surface area contributed by atoms with Gasteiger partial charge in [-0.1, -0.05) is 32.6 Å². The Labute approximate surface area is 168 Å². The van der Waals surface area contributed by atoms with E-state index in [1.165, 1.54) is 38.5 Å². The fraction of sp³-hybridized carbons (Fsp3) is 0.909. The molecule has 4 aliphatic rings. The van der Waals surface area contributed by atoms with Gasteiger partial charge < -0.3 is 20.1 Å². The van der Waals surface area contributed by atoms with Crippen LogP contribution in [0, 0.1) is 17.8 Å². The van der Waals surface area contributed by atoms with Crippen molar-refractivity contribution in [3.05, 3.63) is 0 Å². The zero-order chi connectivity index (χ0) is 19.5. The number of fused-ring (bicyclic) bond motifs is 1. The molecule has 0 aromatic rings. The van der Waals surface area contributed by atoms with Crippen LogP contribution in [-0.4, -0.2) is 49.3 Å². The molecule has 2 saturated heterocycles. The van der Waals surface area contributed by atoms with Crippen LogP contribution >= 0.6 is 0 Å². The smallest absolute Gasteiger partial charge is 0.223 e. The standard InChI is InChI=1S/C22H36N2O4/c1-2-3-4-5-14-6-8-15(9-7-14)21(25)23-17-12-27-20-18(13-28-19(17)20)24-22(26)16-10-11-16/h14-20H,2-13H2,1H3,(H,23,25)(H,24,26)/t14?,15?,17-,18-,19+,20+/m0/s1. The maximum atomic E-state index is 12.8. The molecule has 2 aliphatic heterocycles. The Morgan fingerprint density at radius 1 is 0.786 bits per heavy atom. The van der Waals surface area contributed by atoms with Gasteiger partial charge in [0.1, 0.15) is 12.2 Å². The van der Waals surface area contributed by atoms with Crippen molar-refractivity contribution in [2.75, 3.05) is 13.2 Å². The molecule has 4 rings (SSSR count). The topological polar surface area (TPSA) is 76.7 Å². The third kappa shape index (κ3) is 4.70. The van der Waals surface area contributed by atoms with Gasteiger partial charge in [0.15, 0.2) is 0 Å². The summed E-state index contributed by atoms with van der Waals surface area (Å²) in [5, 5.41) is 6.27. The summed E-state index contributed by atoms with van der Waals surface area (Å²) >= 11 is 0. The maximum absolute atomic E-state index is 12.8. The van der Waals surface area contributed by atoms with Gasteiger partial charge in [0.2, 0.25) is 11.8 Å². The van der Waals surface area contributed by atoms with Crippen LogP contribution in [0.15, 0.2) is 0 Å². The zero-order valence-electron chi connectivity index (χ0n) is 17.2. The maximum Gasteiger partial charge on any atom is 0.223 e. The lowest BCUT2D eigenvalue weighted by atomic mass is 9.79. The van der Waals surface area contributed by atoms with Gasteiger partial charge in [-0.15, -0.1) is 0 Å². The van der Waals surface area contributed by atoms with Gasteiger partial charge in [-0.05, 0) is 44.4 Å². The number of amides is 2. The lowest BCUT2D eigenvalue weighted by Gasteiger charge is -2.29. The monoisotopic (exact) mass is 392 g/mol. The minimum Gasteiger partial charge on any atom is -0.371 e. The lowest BCUT2D eigenvalue weighted by molar-refractivity contribution is -0.127. The number of nitrogens with one attached hydrogen (secondary N) is 2. The SMILES string of the molecule is CCCCCC1CCC(C(=O)N[C@H]2CO[C@H]3[C@@H]2OC[C@@H]3NC(=O)C2CC2)CC1. The van der Waals surface area contributed by atoms with Gasteiger partial charge in [0, 0.05) is 11.8 Å². The Balaban J connectivity index is 1.20. The Bertz CT molecular complexity index is 557. The van der Waals surface area contributed by atoms with Crippen LogP contribution < -0.4 is 10.6 Å². The molecule has 4 fully saturated rings. The first-order valence-corrected chi connectivity index (χ1v) is 11.5. The van der Waals surface area contributed by atoms with Crippen LogP contribution in [0.2, 0.25) is 0 Å². The average Bonchev–Trinajstić information content (AvgIpc) is 3.38. The van der Waals surface area contributed by atoms with Crippen LogP contribution in [-0.2, 0) is 19.1 Å². The van der Waals surface area contributed by atoms with Crippen molar-refractivity contribution in [3.8, 4) is 0 Å². The van der Waals surface area contributed by atoms with Crippen LogP contribution in [0.1, 0.15) is 71.1 Å². The Hall–Kier alpha value is -1.14. The first-order valence-electron chi connectivity index (χ1n) is 11.5. The molecule has 28 heavy (non-hydrogen) atoms. The molecule has 4 atom stereocenters. The van der Waals surface area contributed by atoms with Crippen LogP contribution in [0.3, 0.4) is 0 Å². The third-order valence-electron chi connectivity index (χ3n) is 7.09. The second kappa shape index (κ2) is 9.12. The fourth-order valence-electron chi connectivity index (χ4n) is 5.09. The summed E-state index contributed by atoms with van der Waals surface area (Å²) in [7, 11) is 0. The van der Waals surface area contributed by atoms with E-state index in [-0.39, 0.29) is 47.9 Å². The molecule has 0 aromatic heterocycles. The molecule has 6 heteroatoms. The van der Waals surface area contributed by atoms with Crippen LogP contribution in [0.5, 0.6) is 0 Å². The van der Waals surface area contributed by atoms with E-state index in [2.05, 4.69) is 17.6 Å². The minimum absolute atomic E-state index is 0.0847. The summed E-state index contributed by atoms with van der Waals surface area (Å²) < 4.78 is 11.8. The number of ether oxygens (including phenoxy) is 2. The lowest BCUT2D eigenvalue weighted by Crippen LogP contribution is -2.48. The molecule has 6 nitrogen and oxygen atoms in total. The summed E-state index contributed by atoms with van der Waals surface area (Å²) in [6.45, 7) is 3.20. The highest BCUT2D eigenvalue weighted by Gasteiger charge is 2.49. The molecule has 2 N–H and O–H groups in total. The van der Waals surface area contributed by atoms with Gasteiger partial charge in [-0.3, -0.25) is 9.59 Å². The quantitative estimate of drug-likeness (QED) is 0.623. The molecule has 0 radical (unpaired) electrons. The molecule has 2 aliphatic carbocycles. The normalized spacial score (nSPS) is 37.5. The molecule has 0 spiro atoms. The number of carbonyl (C=O) groups excluding carboxylic acids is 2. The van der Waals surface area contributed by atoms with Crippen molar-refractivity contribution in [1.82, 2.24) is 10.6 Å². The third-order valence-corrected chi connectivity index (χ3v) is 7.09. The summed E-state index contributed by atoms with van der Waals surface area (Å²) in [6.07, 6.45) is 11.3. The van der Waals surface area contributed by atoms with E-state index in [1.807, 2.05) is 0 Å².